The zero-order chi connectivity index (χ0) is 40.4. The average Bonchev–Trinajstić information content (AvgIpc) is 4.00. The predicted octanol–water partition coefficient (Wildman–Crippen LogP) is 2.54. The molecule has 4 heterocycles. The van der Waals surface area contributed by atoms with E-state index in [1.54, 1.807) is 24.3 Å². The van der Waals surface area contributed by atoms with Gasteiger partial charge in [0.2, 0.25) is 0 Å². The van der Waals surface area contributed by atoms with Crippen molar-refractivity contribution in [1.82, 2.24) is 21.3 Å². The first-order chi connectivity index (χ1) is 28.5. The van der Waals surface area contributed by atoms with Crippen LogP contribution < -0.4 is 21.3 Å². The Morgan fingerprint density at radius 1 is 0.431 bits per heavy atom. The third-order valence-corrected chi connectivity index (χ3v) is 9.95. The Labute approximate surface area is 340 Å². The highest BCUT2D eigenvalue weighted by molar-refractivity contribution is 6.26. The van der Waals surface area contributed by atoms with Crippen LogP contribution in [0, 0.1) is 0 Å². The van der Waals surface area contributed by atoms with Crippen molar-refractivity contribution < 1.29 is 57.1 Å². The van der Waals surface area contributed by atoms with Crippen molar-refractivity contribution in [1.29, 1.82) is 0 Å². The first kappa shape index (κ1) is 43.8. The van der Waals surface area contributed by atoms with Crippen LogP contribution in [0.2, 0.25) is 0 Å². The van der Waals surface area contributed by atoms with Crippen LogP contribution in [0.1, 0.15) is 92.8 Å². The molecular weight excluding hydrogens is 752 g/mol. The second-order valence-electron chi connectivity index (χ2n) is 15.0. The molecule has 0 saturated carbocycles. The summed E-state index contributed by atoms with van der Waals surface area (Å²) in [6.07, 6.45) is 5.97. The number of ether oxygens (including phenoxy) is 8. The van der Waals surface area contributed by atoms with E-state index in [9.17, 15) is 19.2 Å². The van der Waals surface area contributed by atoms with Crippen molar-refractivity contribution in [2.24, 2.45) is 0 Å². The molecule has 0 aromatic heterocycles. The van der Waals surface area contributed by atoms with Gasteiger partial charge in [-0.1, -0.05) is 24.3 Å². The van der Waals surface area contributed by atoms with Gasteiger partial charge in [0.15, 0.2) is 0 Å². The van der Waals surface area contributed by atoms with Crippen molar-refractivity contribution in [3.8, 4) is 0 Å². The molecule has 4 amide bonds. The van der Waals surface area contributed by atoms with Crippen LogP contribution in [0.3, 0.4) is 0 Å². The van der Waals surface area contributed by atoms with Gasteiger partial charge in [-0.05, 0) is 62.1 Å². The molecular formula is C42H60N4O12. The lowest BCUT2D eigenvalue weighted by Gasteiger charge is -2.21. The third kappa shape index (κ3) is 15.1. The summed E-state index contributed by atoms with van der Waals surface area (Å²) >= 11 is 0. The maximum atomic E-state index is 14.4. The van der Waals surface area contributed by atoms with Gasteiger partial charge in [-0.3, -0.25) is 19.2 Å². The monoisotopic (exact) mass is 812 g/mol. The van der Waals surface area contributed by atoms with Crippen LogP contribution in [0.5, 0.6) is 0 Å². The van der Waals surface area contributed by atoms with Gasteiger partial charge in [0, 0.05) is 52.6 Å². The summed E-state index contributed by atoms with van der Waals surface area (Å²) in [5.74, 6) is -2.27. The number of unbranched alkanes of at least 4 members (excludes halogenated alkanes) is 4. The average molecular weight is 813 g/mol. The molecule has 4 N–H and O–H groups in total. The fourth-order valence-corrected chi connectivity index (χ4v) is 6.36. The maximum Gasteiger partial charge on any atom is 0.252 e. The summed E-state index contributed by atoms with van der Waals surface area (Å²) in [4.78, 5) is 57.3. The Morgan fingerprint density at radius 2 is 0.690 bits per heavy atom. The number of nitrogens with one attached hydrogen (secondary N) is 4. The maximum absolute atomic E-state index is 14.4. The topological polar surface area (TPSA) is 203 Å². The van der Waals surface area contributed by atoms with Gasteiger partial charge < -0.3 is 59.2 Å². The molecule has 0 radical (unpaired) electrons. The molecule has 4 aliphatic rings. The summed E-state index contributed by atoms with van der Waals surface area (Å²) in [6, 6.07) is 6.92. The minimum absolute atomic E-state index is 0.0391. The smallest absolute Gasteiger partial charge is 0.252 e. The zero-order valence-corrected chi connectivity index (χ0v) is 33.5. The second-order valence-corrected chi connectivity index (χ2v) is 15.0. The van der Waals surface area contributed by atoms with Gasteiger partial charge in [0.25, 0.3) is 23.6 Å². The summed E-state index contributed by atoms with van der Waals surface area (Å²) in [7, 11) is 0. The highest BCUT2D eigenvalue weighted by Crippen LogP contribution is 2.32. The van der Waals surface area contributed by atoms with Crippen LogP contribution >= 0.6 is 0 Å². The highest BCUT2D eigenvalue weighted by Gasteiger charge is 2.33. The van der Waals surface area contributed by atoms with Gasteiger partial charge in [-0.25, -0.2) is 0 Å². The molecule has 2 aromatic rings. The number of fused-ring (bicyclic) bond motifs is 1. The quantitative estimate of drug-likeness (QED) is 0.0622. The number of epoxide rings is 4. The zero-order valence-electron chi connectivity index (χ0n) is 33.5. The summed E-state index contributed by atoms with van der Waals surface area (Å²) in [6.45, 7) is 8.33. The Hall–Kier alpha value is -3.74. The lowest BCUT2D eigenvalue weighted by molar-refractivity contribution is 0.0890. The lowest BCUT2D eigenvalue weighted by atomic mass is 9.86. The molecule has 0 aliphatic carbocycles. The molecule has 0 spiro atoms. The molecule has 4 aliphatic heterocycles. The molecule has 16 nitrogen and oxygen atoms in total. The van der Waals surface area contributed by atoms with Crippen molar-refractivity contribution >= 4 is 34.4 Å². The van der Waals surface area contributed by atoms with Gasteiger partial charge in [-0.15, -0.1) is 0 Å². The molecule has 2 aromatic carbocycles. The third-order valence-electron chi connectivity index (χ3n) is 9.95. The summed E-state index contributed by atoms with van der Waals surface area (Å²) < 4.78 is 43.3. The van der Waals surface area contributed by atoms with Crippen molar-refractivity contribution in [2.45, 2.75) is 75.8 Å². The molecule has 4 saturated heterocycles. The minimum atomic E-state index is -0.620. The summed E-state index contributed by atoms with van der Waals surface area (Å²) in [5.41, 5.74) is -0.205. The van der Waals surface area contributed by atoms with Gasteiger partial charge in [0.1, 0.15) is 24.4 Å². The van der Waals surface area contributed by atoms with E-state index in [2.05, 4.69) is 21.3 Å². The molecule has 16 heteroatoms. The molecule has 4 fully saturated rings. The number of carbonyl (C=O) groups excluding carboxylic acids is 4. The van der Waals surface area contributed by atoms with Crippen LogP contribution in [0.4, 0.5) is 0 Å². The van der Waals surface area contributed by atoms with E-state index < -0.39 is 23.6 Å². The van der Waals surface area contributed by atoms with Crippen LogP contribution in [0.15, 0.2) is 24.3 Å². The number of hydrogen-bond donors (Lipinski definition) is 4. The minimum Gasteiger partial charge on any atom is -0.379 e. The number of carbonyl (C=O) groups is 4. The van der Waals surface area contributed by atoms with Crippen LogP contribution in [-0.4, -0.2) is 154 Å². The Morgan fingerprint density at radius 3 is 0.948 bits per heavy atom. The fraction of sp³-hybridized carbons (Fsp3) is 0.667. The van der Waals surface area contributed by atoms with E-state index in [0.717, 1.165) is 13.2 Å². The Bertz CT molecular complexity index is 1530. The van der Waals surface area contributed by atoms with Crippen LogP contribution in [0.25, 0.3) is 10.8 Å². The molecule has 320 valence electrons. The Kier molecular flexibility index (Phi) is 17.9. The van der Waals surface area contributed by atoms with Crippen molar-refractivity contribution in [3.63, 3.8) is 0 Å². The summed E-state index contributed by atoms with van der Waals surface area (Å²) in [5, 5.41) is 12.6. The fourth-order valence-electron chi connectivity index (χ4n) is 6.36. The molecule has 4 atom stereocenters. The van der Waals surface area contributed by atoms with Gasteiger partial charge in [-0.2, -0.15) is 0 Å². The van der Waals surface area contributed by atoms with E-state index in [0.29, 0.717) is 141 Å². The molecule has 6 rings (SSSR count). The normalized spacial score (nSPS) is 20.1. The standard InChI is InChI=1S/C42H60N4O12/c47-39(43-13-3-7-17-51-21-29-25-55-29)35-33-11-1-2-12-34(33)36(40(48)44-14-4-8-18-52-22-30-26-56-30)38(42(50)46-16-6-10-20-54-24-32-28-58-32)37(35)41(49)45-15-5-9-19-53-23-31-27-57-31/h1-2,11-12,29-32H,3-10,13-28H2,(H,43,47)(H,44,48)(H,45,49)(H,46,50). The number of benzene rings is 2. The van der Waals surface area contributed by atoms with E-state index in [1.165, 1.54) is 0 Å². The first-order valence-electron chi connectivity index (χ1n) is 21.0. The second kappa shape index (κ2) is 23.7. The van der Waals surface area contributed by atoms with E-state index in [-0.39, 0.29) is 59.8 Å². The van der Waals surface area contributed by atoms with E-state index >= 15 is 0 Å². The lowest BCUT2D eigenvalue weighted by Crippen LogP contribution is -2.37. The first-order valence-corrected chi connectivity index (χ1v) is 21.0. The SMILES string of the molecule is O=C(NCCCCOCC1CO1)c1c(C(=O)NCCCCOCC2CO2)c(C(=O)NCCCCOCC2CO2)c2ccccc2c1C(=O)NCCCCOCC1CO1. The van der Waals surface area contributed by atoms with Crippen LogP contribution in [-0.2, 0) is 37.9 Å². The van der Waals surface area contributed by atoms with Gasteiger partial charge in [0.05, 0.1) is 75.1 Å². The largest absolute Gasteiger partial charge is 0.379 e. The molecule has 4 unspecified atom stereocenters. The van der Waals surface area contributed by atoms with E-state index in [1.807, 2.05) is 0 Å². The molecule has 0 bridgehead atoms. The Balaban J connectivity index is 1.20. The highest BCUT2D eigenvalue weighted by atomic mass is 16.6. The molecule has 58 heavy (non-hydrogen) atoms. The number of rotatable bonds is 32. The van der Waals surface area contributed by atoms with Crippen molar-refractivity contribution in [2.75, 3.05) is 105 Å². The van der Waals surface area contributed by atoms with E-state index in [4.69, 9.17) is 37.9 Å². The number of amides is 4. The van der Waals surface area contributed by atoms with Gasteiger partial charge >= 0.3 is 0 Å². The predicted molar refractivity (Wildman–Crippen MR) is 212 cm³/mol. The number of hydrogen-bond acceptors (Lipinski definition) is 12. The van der Waals surface area contributed by atoms with Crippen molar-refractivity contribution in [3.05, 3.63) is 46.5 Å².